The zero-order chi connectivity index (χ0) is 14.9. The number of carboxylic acids is 1. The fourth-order valence-corrected chi connectivity index (χ4v) is 3.78. The van der Waals surface area contributed by atoms with E-state index in [2.05, 4.69) is 4.90 Å². The highest BCUT2D eigenvalue weighted by molar-refractivity contribution is 5.73. The van der Waals surface area contributed by atoms with Crippen molar-refractivity contribution in [2.75, 3.05) is 6.54 Å². The molecule has 0 aromatic rings. The van der Waals surface area contributed by atoms with Crippen molar-refractivity contribution in [2.45, 2.75) is 77.0 Å². The van der Waals surface area contributed by atoms with Gasteiger partial charge in [0.25, 0.3) is 0 Å². The van der Waals surface area contributed by atoms with Gasteiger partial charge >= 0.3 is 5.97 Å². The van der Waals surface area contributed by atoms with E-state index in [9.17, 15) is 15.0 Å². The number of hydrogen-bond donors (Lipinski definition) is 2. The Morgan fingerprint density at radius 2 is 1.90 bits per heavy atom. The van der Waals surface area contributed by atoms with Crippen LogP contribution in [0.3, 0.4) is 0 Å². The Labute approximate surface area is 122 Å². The molecule has 2 aliphatic rings. The Balaban J connectivity index is 2.19. The quantitative estimate of drug-likeness (QED) is 0.832. The van der Waals surface area contributed by atoms with E-state index in [0.717, 1.165) is 19.3 Å². The van der Waals surface area contributed by atoms with Gasteiger partial charge in [0.2, 0.25) is 0 Å². The fourth-order valence-electron chi connectivity index (χ4n) is 3.78. The number of piperidine rings is 1. The van der Waals surface area contributed by atoms with E-state index in [4.69, 9.17) is 0 Å². The Bertz CT molecular complexity index is 354. The van der Waals surface area contributed by atoms with Crippen LogP contribution in [0, 0.1) is 11.8 Å². The molecule has 0 spiro atoms. The molecule has 4 atom stereocenters. The van der Waals surface area contributed by atoms with Gasteiger partial charge in [-0.25, -0.2) is 0 Å². The third-order valence-electron chi connectivity index (χ3n) is 5.54. The Morgan fingerprint density at radius 3 is 2.50 bits per heavy atom. The number of nitrogens with zero attached hydrogens (tertiary/aromatic N) is 1. The van der Waals surface area contributed by atoms with Gasteiger partial charge in [0, 0.05) is 12.6 Å². The van der Waals surface area contributed by atoms with E-state index in [1.165, 1.54) is 19.3 Å². The number of carbonyl (C=O) groups is 1. The second-order valence-electron chi connectivity index (χ2n) is 7.23. The first-order valence-electron chi connectivity index (χ1n) is 8.04. The maximum atomic E-state index is 11.6. The maximum Gasteiger partial charge on any atom is 0.320 e. The first kappa shape index (κ1) is 15.8. The van der Waals surface area contributed by atoms with Crippen LogP contribution in [0.1, 0.15) is 59.3 Å². The average molecular weight is 283 g/mol. The van der Waals surface area contributed by atoms with Crippen molar-refractivity contribution in [1.29, 1.82) is 0 Å². The lowest BCUT2D eigenvalue weighted by atomic mass is 9.75. The molecule has 1 saturated heterocycles. The van der Waals surface area contributed by atoms with Crippen LogP contribution in [0.2, 0.25) is 0 Å². The normalized spacial score (nSPS) is 34.5. The summed E-state index contributed by atoms with van der Waals surface area (Å²) in [5.74, 6) is 0.0248. The molecule has 20 heavy (non-hydrogen) atoms. The molecule has 0 radical (unpaired) electrons. The Morgan fingerprint density at radius 1 is 1.25 bits per heavy atom. The van der Waals surface area contributed by atoms with Gasteiger partial charge in [0.1, 0.15) is 6.04 Å². The molecule has 0 amide bonds. The van der Waals surface area contributed by atoms with Crippen LogP contribution < -0.4 is 0 Å². The van der Waals surface area contributed by atoms with Gasteiger partial charge < -0.3 is 10.2 Å². The van der Waals surface area contributed by atoms with Crippen LogP contribution in [0.25, 0.3) is 0 Å². The van der Waals surface area contributed by atoms with E-state index >= 15 is 0 Å². The number of likely N-dealkylation sites (tertiary alicyclic amines) is 1. The number of carboxylic acid groups (broad SMARTS) is 1. The van der Waals surface area contributed by atoms with Crippen molar-refractivity contribution < 1.29 is 15.0 Å². The summed E-state index contributed by atoms with van der Waals surface area (Å²) in [7, 11) is 0. The lowest BCUT2D eigenvalue weighted by Crippen LogP contribution is -2.59. The van der Waals surface area contributed by atoms with Crippen LogP contribution >= 0.6 is 0 Å². The summed E-state index contributed by atoms with van der Waals surface area (Å²) >= 11 is 0. The minimum Gasteiger partial charge on any atom is -0.480 e. The summed E-state index contributed by atoms with van der Waals surface area (Å²) in [6, 6.07) is -0.0663. The minimum atomic E-state index is -0.826. The lowest BCUT2D eigenvalue weighted by Gasteiger charge is -2.49. The monoisotopic (exact) mass is 283 g/mol. The van der Waals surface area contributed by atoms with Crippen LogP contribution in [0.5, 0.6) is 0 Å². The average Bonchev–Trinajstić information content (AvgIpc) is 2.38. The molecule has 4 unspecified atom stereocenters. The topological polar surface area (TPSA) is 60.8 Å². The predicted molar refractivity (Wildman–Crippen MR) is 78.6 cm³/mol. The zero-order valence-corrected chi connectivity index (χ0v) is 13.0. The summed E-state index contributed by atoms with van der Waals surface area (Å²) in [4.78, 5) is 13.7. The molecule has 116 valence electrons. The Kier molecular flexibility index (Phi) is 4.75. The summed E-state index contributed by atoms with van der Waals surface area (Å²) in [6.07, 6.45) is 6.52. The molecule has 2 fully saturated rings. The van der Waals surface area contributed by atoms with Crippen molar-refractivity contribution >= 4 is 5.97 Å². The second kappa shape index (κ2) is 6.02. The van der Waals surface area contributed by atoms with Crippen LogP contribution in [-0.4, -0.2) is 45.3 Å². The first-order chi connectivity index (χ1) is 9.33. The molecule has 1 aliphatic carbocycles. The van der Waals surface area contributed by atoms with Crippen molar-refractivity contribution in [3.63, 3.8) is 0 Å². The summed E-state index contributed by atoms with van der Waals surface area (Å²) in [6.45, 7) is 6.31. The van der Waals surface area contributed by atoms with Gasteiger partial charge in [0.05, 0.1) is 5.60 Å². The highest BCUT2D eigenvalue weighted by Gasteiger charge is 2.44. The first-order valence-corrected chi connectivity index (χ1v) is 8.04. The van der Waals surface area contributed by atoms with Gasteiger partial charge in [-0.05, 0) is 44.4 Å². The van der Waals surface area contributed by atoms with Crippen molar-refractivity contribution in [1.82, 2.24) is 4.90 Å². The van der Waals surface area contributed by atoms with E-state index < -0.39 is 17.6 Å². The molecule has 1 saturated carbocycles. The van der Waals surface area contributed by atoms with Crippen molar-refractivity contribution in [3.8, 4) is 0 Å². The maximum absolute atomic E-state index is 11.6. The molecule has 0 aromatic carbocycles. The van der Waals surface area contributed by atoms with Crippen LogP contribution in [-0.2, 0) is 4.79 Å². The number of aliphatic carboxylic acids is 1. The molecular weight excluding hydrogens is 254 g/mol. The van der Waals surface area contributed by atoms with E-state index in [-0.39, 0.29) is 5.92 Å². The van der Waals surface area contributed by atoms with Gasteiger partial charge in [-0.3, -0.25) is 9.69 Å². The second-order valence-corrected chi connectivity index (χ2v) is 7.23. The SMILES string of the molecule is CC(C)C(C)(O)CN1C(C(=O)O)CCC2CCCCC21. The standard InChI is InChI=1S/C16H29NO3/c1-11(2)16(3,20)10-17-13-7-5-4-6-12(13)8-9-14(17)15(18)19/h11-14,20H,4-10H2,1-3H3,(H,18,19). The molecule has 2 rings (SSSR count). The van der Waals surface area contributed by atoms with Crippen molar-refractivity contribution in [3.05, 3.63) is 0 Å². The molecule has 2 N–H and O–H groups in total. The molecular formula is C16H29NO3. The van der Waals surface area contributed by atoms with Gasteiger partial charge in [0.15, 0.2) is 0 Å². The third kappa shape index (κ3) is 3.17. The molecule has 0 aromatic heterocycles. The van der Waals surface area contributed by atoms with E-state index in [0.29, 0.717) is 18.5 Å². The number of β-amino-alcohol motifs (C(OH)–C–C–N with tert-alkyl or cyclic N) is 1. The number of rotatable bonds is 4. The summed E-state index contributed by atoms with van der Waals surface area (Å²) in [5, 5.41) is 20.1. The number of aliphatic hydroxyl groups is 1. The third-order valence-corrected chi connectivity index (χ3v) is 5.54. The largest absolute Gasteiger partial charge is 0.480 e. The minimum absolute atomic E-state index is 0.126. The lowest BCUT2D eigenvalue weighted by molar-refractivity contribution is -0.152. The highest BCUT2D eigenvalue weighted by atomic mass is 16.4. The molecule has 1 heterocycles. The smallest absolute Gasteiger partial charge is 0.320 e. The van der Waals surface area contributed by atoms with Gasteiger partial charge in [-0.2, -0.15) is 0 Å². The summed E-state index contributed by atoms with van der Waals surface area (Å²) in [5.41, 5.74) is -0.826. The molecule has 0 bridgehead atoms. The molecule has 4 nitrogen and oxygen atoms in total. The fraction of sp³-hybridized carbons (Fsp3) is 0.938. The predicted octanol–water partition coefficient (Wildman–Crippen LogP) is 2.50. The molecule has 4 heteroatoms. The number of fused-ring (bicyclic) bond motifs is 1. The van der Waals surface area contributed by atoms with E-state index in [1.807, 2.05) is 20.8 Å². The summed E-state index contributed by atoms with van der Waals surface area (Å²) < 4.78 is 0. The van der Waals surface area contributed by atoms with Crippen LogP contribution in [0.15, 0.2) is 0 Å². The molecule has 1 aliphatic heterocycles. The van der Waals surface area contributed by atoms with Gasteiger partial charge in [-0.15, -0.1) is 0 Å². The van der Waals surface area contributed by atoms with Crippen LogP contribution in [0.4, 0.5) is 0 Å². The van der Waals surface area contributed by atoms with Gasteiger partial charge in [-0.1, -0.05) is 26.7 Å². The zero-order valence-electron chi connectivity index (χ0n) is 13.0. The number of hydrogen-bond acceptors (Lipinski definition) is 3. The van der Waals surface area contributed by atoms with Crippen molar-refractivity contribution in [2.24, 2.45) is 11.8 Å². The van der Waals surface area contributed by atoms with E-state index in [1.54, 1.807) is 0 Å². The Hall–Kier alpha value is -0.610. The highest BCUT2D eigenvalue weighted by Crippen LogP contribution is 2.39.